The summed E-state index contributed by atoms with van der Waals surface area (Å²) >= 11 is 5.72. The van der Waals surface area contributed by atoms with Crippen molar-refractivity contribution in [1.82, 2.24) is 75.5 Å². The lowest BCUT2D eigenvalue weighted by molar-refractivity contribution is -0.157. The summed E-state index contributed by atoms with van der Waals surface area (Å²) in [6.45, 7) is 28.1. The highest BCUT2D eigenvalue weighted by Gasteiger charge is 2.29. The number of rotatable bonds is 43. The maximum absolute atomic E-state index is 13.3. The van der Waals surface area contributed by atoms with Crippen molar-refractivity contribution in [1.29, 1.82) is 0 Å². The number of hydrogen-bond acceptors (Lipinski definition) is 22. The van der Waals surface area contributed by atoms with Gasteiger partial charge in [-0.3, -0.25) is 53.9 Å². The fraction of sp³-hybridized carbons (Fsp3) is 0.510. The molecular weight excluding hydrogens is 1670 g/mol. The van der Waals surface area contributed by atoms with E-state index in [4.69, 9.17) is 46.7 Å². The Morgan fingerprint density at radius 3 is 1.18 bits per heavy atom. The predicted octanol–water partition coefficient (Wildman–Crippen LogP) is 16.5. The monoisotopic (exact) mass is 1810 g/mol. The van der Waals surface area contributed by atoms with Crippen LogP contribution in [-0.4, -0.2) is 202 Å². The predicted molar refractivity (Wildman–Crippen MR) is 521 cm³/mol. The number of pyridine rings is 3. The smallest absolute Gasteiger partial charge is 0.329 e. The zero-order chi connectivity index (χ0) is 94.2. The highest BCUT2D eigenvalue weighted by atomic mass is 35.5. The molecule has 3 atom stereocenters. The van der Waals surface area contributed by atoms with Crippen LogP contribution in [0.25, 0.3) is 33.8 Å². The van der Waals surface area contributed by atoms with Gasteiger partial charge in [0.15, 0.2) is 0 Å². The van der Waals surface area contributed by atoms with Gasteiger partial charge in [0, 0.05) is 137 Å². The molecule has 26 nitrogen and oxygen atoms in total. The van der Waals surface area contributed by atoms with E-state index in [1.807, 2.05) is 146 Å². The number of fused-ring (bicyclic) bond motifs is 3. The zero-order valence-electron chi connectivity index (χ0n) is 79.5. The van der Waals surface area contributed by atoms with Crippen molar-refractivity contribution < 1.29 is 43.3 Å². The Morgan fingerprint density at radius 1 is 0.412 bits per heavy atom. The van der Waals surface area contributed by atoms with Gasteiger partial charge in [0.25, 0.3) is 0 Å². The summed E-state index contributed by atoms with van der Waals surface area (Å²) in [6.07, 6.45) is 35.0. The van der Waals surface area contributed by atoms with Gasteiger partial charge in [-0.15, -0.1) is 0 Å². The Labute approximate surface area is 783 Å². The summed E-state index contributed by atoms with van der Waals surface area (Å²) < 4.78 is 11.2. The molecule has 3 aromatic carbocycles. The molecule has 7 N–H and O–H groups in total. The van der Waals surface area contributed by atoms with Crippen LogP contribution in [0.15, 0.2) is 165 Å². The Morgan fingerprint density at radius 2 is 0.779 bits per heavy atom. The number of aromatic nitrogens is 9. The Hall–Kier alpha value is -10.9. The van der Waals surface area contributed by atoms with Gasteiger partial charge in [-0.05, 0) is 257 Å². The van der Waals surface area contributed by atoms with Crippen LogP contribution in [0.4, 0.5) is 5.82 Å². The third-order valence-electron chi connectivity index (χ3n) is 22.5. The molecule has 3 aliphatic rings. The molecular formula is C104H144ClN17O9. The standard InChI is InChI=1S/C35H48N6O3.C32H41N5O3.C25H42N4O3.C10H7ClN2.C2H6/c1-26(42)37-20-23-41(21-11-10-15-29-18-17-28-14-8-9-16-30(28)38-29)22-19-31(34(43)44-35(2,3)4)39-33-25-36-24-32(40-33)27-12-6-5-7-13-27;1-24(38)34-17-20-37(18-8-7-12-28-15-14-26-11-5-6-13-30(26)35-28)19-16-27(32(39)40)21-29-22-33-23-31(36-29)25-9-3-2-4-10-25;1-19(30)27-15-18-29(17-14-22(26)24(31)32-25(2,3)4)16-8-7-10-21-13-12-20-9-5-6-11-23(20)28-21;11-10-7-12-6-9(13-10)8-4-2-1-3-5-8;1-2/h5-7,12-13,17-18,24-25,31H,8-11,14-16,19-23H2,1-4H3,(H,37,42)(H,39,40);2-4,9-10,14-15,22-23,27H,5-8,11-13,16-21H2,1H3,(H,34,38)(H,39,40);12-13,22H,5-11,14-18,26H2,1-4H3,(H,27,30);1-7H;1-2H3/t31-;27-;22-;;/m010../s1. The largest absolute Gasteiger partial charge is 0.481 e. The van der Waals surface area contributed by atoms with E-state index in [1.165, 1.54) is 111 Å². The molecule has 6 aromatic heterocycles. The van der Waals surface area contributed by atoms with Gasteiger partial charge in [0.1, 0.15) is 34.3 Å². The molecule has 706 valence electrons. The summed E-state index contributed by atoms with van der Waals surface area (Å²) in [5.74, 6) is -1.70. The molecule has 0 unspecified atom stereocenters. The summed E-state index contributed by atoms with van der Waals surface area (Å²) in [5.41, 5.74) is 22.4. The van der Waals surface area contributed by atoms with E-state index in [0.717, 1.165) is 162 Å². The number of carbonyl (C=O) groups is 6. The topological polar surface area (TPSA) is 341 Å². The number of esters is 2. The molecule has 9 aromatic rings. The van der Waals surface area contributed by atoms with E-state index in [1.54, 1.807) is 31.0 Å². The first-order valence-electron chi connectivity index (χ1n) is 47.4. The van der Waals surface area contributed by atoms with Gasteiger partial charge in [0.2, 0.25) is 17.7 Å². The number of ether oxygens (including phenoxy) is 2. The second-order valence-corrected chi connectivity index (χ2v) is 36.1. The highest BCUT2D eigenvalue weighted by molar-refractivity contribution is 6.29. The third kappa shape index (κ3) is 41.2. The van der Waals surface area contributed by atoms with Crippen molar-refractivity contribution in [2.75, 3.05) is 83.9 Å². The van der Waals surface area contributed by atoms with E-state index < -0.39 is 35.2 Å². The fourth-order valence-corrected chi connectivity index (χ4v) is 15.9. The second kappa shape index (κ2) is 57.4. The van der Waals surface area contributed by atoms with E-state index in [9.17, 15) is 33.9 Å². The minimum Gasteiger partial charge on any atom is -0.481 e. The number of halogens is 1. The molecule has 3 amide bonds. The van der Waals surface area contributed by atoms with Crippen LogP contribution in [0, 0.1) is 5.92 Å². The molecule has 0 radical (unpaired) electrons. The van der Waals surface area contributed by atoms with Crippen molar-refractivity contribution >= 4 is 53.0 Å². The van der Waals surface area contributed by atoms with Crippen LogP contribution in [0.2, 0.25) is 5.15 Å². The summed E-state index contributed by atoms with van der Waals surface area (Å²) in [5, 5.41) is 22.3. The fourth-order valence-electron chi connectivity index (χ4n) is 15.8. The quantitative estimate of drug-likeness (QED) is 0.0153. The lowest BCUT2D eigenvalue weighted by atomic mass is 9.95. The van der Waals surface area contributed by atoms with E-state index >= 15 is 0 Å². The average molecular weight is 1810 g/mol. The average Bonchev–Trinajstić information content (AvgIpc) is 0.827. The molecule has 27 heteroatoms. The first-order chi connectivity index (χ1) is 63.1. The molecule has 6 heterocycles. The van der Waals surface area contributed by atoms with Gasteiger partial charge in [-0.1, -0.05) is 135 Å². The van der Waals surface area contributed by atoms with Crippen molar-refractivity contribution in [3.63, 3.8) is 0 Å². The van der Waals surface area contributed by atoms with E-state index in [0.29, 0.717) is 94.7 Å². The van der Waals surface area contributed by atoms with Crippen molar-refractivity contribution in [3.8, 4) is 33.8 Å². The van der Waals surface area contributed by atoms with Gasteiger partial charge < -0.3 is 56.3 Å². The van der Waals surface area contributed by atoms with Crippen LogP contribution in [0.3, 0.4) is 0 Å². The number of aryl methyl sites for hydroxylation is 9. The van der Waals surface area contributed by atoms with Crippen LogP contribution in [0.5, 0.6) is 0 Å². The Bertz CT molecular complexity index is 4920. The number of nitrogens with two attached hydrogens (primary N) is 1. The van der Waals surface area contributed by atoms with Gasteiger partial charge in [-0.25, -0.2) is 19.7 Å². The summed E-state index contributed by atoms with van der Waals surface area (Å²) in [4.78, 5) is 120. The van der Waals surface area contributed by atoms with Gasteiger partial charge >= 0.3 is 17.9 Å². The third-order valence-corrected chi connectivity index (χ3v) is 22.7. The van der Waals surface area contributed by atoms with Crippen molar-refractivity contribution in [3.05, 3.63) is 226 Å². The number of carbonyl (C=O) groups excluding carboxylic acids is 5. The molecule has 0 saturated heterocycles. The number of carboxylic acid groups (broad SMARTS) is 1. The number of hydrogen-bond donors (Lipinski definition) is 6. The number of carboxylic acids is 1. The van der Waals surface area contributed by atoms with Crippen LogP contribution in [0.1, 0.15) is 229 Å². The van der Waals surface area contributed by atoms with Crippen LogP contribution < -0.4 is 27.0 Å². The van der Waals surface area contributed by atoms with E-state index in [2.05, 4.69) is 97.3 Å². The first-order valence-corrected chi connectivity index (χ1v) is 47.8. The number of anilines is 1. The highest BCUT2D eigenvalue weighted by Crippen LogP contribution is 2.27. The maximum Gasteiger partial charge on any atom is 0.329 e. The molecule has 0 fully saturated rings. The molecule has 131 heavy (non-hydrogen) atoms. The van der Waals surface area contributed by atoms with Gasteiger partial charge in [-0.2, -0.15) is 0 Å². The Balaban J connectivity index is 0.000000226. The summed E-state index contributed by atoms with van der Waals surface area (Å²) in [6, 6.07) is 41.5. The number of amides is 3. The zero-order valence-corrected chi connectivity index (χ0v) is 80.3. The lowest BCUT2D eigenvalue weighted by Gasteiger charge is -2.28. The maximum atomic E-state index is 13.3. The normalized spacial score (nSPS) is 13.3. The van der Waals surface area contributed by atoms with Crippen molar-refractivity contribution in [2.45, 2.75) is 260 Å². The number of benzene rings is 3. The number of nitrogens with one attached hydrogen (secondary N) is 4. The van der Waals surface area contributed by atoms with Crippen LogP contribution >= 0.6 is 11.6 Å². The van der Waals surface area contributed by atoms with E-state index in [-0.39, 0.29) is 29.7 Å². The van der Waals surface area contributed by atoms with Crippen LogP contribution in [-0.2, 0) is 102 Å². The molecule has 0 saturated carbocycles. The molecule has 0 aliphatic heterocycles. The summed E-state index contributed by atoms with van der Waals surface area (Å²) in [7, 11) is 0. The number of unbranched alkanes of at least 4 members (excludes halogenated alkanes) is 3. The van der Waals surface area contributed by atoms with Gasteiger partial charge in [0.05, 0.1) is 59.7 Å². The molecule has 3 aliphatic carbocycles. The minimum atomic E-state index is -0.827. The molecule has 0 bridgehead atoms. The SMILES string of the molecule is CC.CC(=O)NCCN(CCCCc1ccc2c(n1)CCCC2)CC[C@H](Cc1cncc(-c2ccccc2)n1)C(=O)O.CC(=O)NCCN(CCCCc1ccc2c(n1)CCCC2)CC[C@H](N)C(=O)OC(C)(C)C.CC(=O)NCCN(CCCCc1ccc2c(n1)CCCC2)CC[C@H](Nc1cncc(-c2ccccc2)n1)C(=O)OC(C)(C)C.Clc1cncc(-c2ccccc2)n1. The lowest BCUT2D eigenvalue weighted by Crippen LogP contribution is -2.41. The first kappa shape index (κ1) is 105. The molecule has 12 rings (SSSR count). The van der Waals surface area contributed by atoms with Crippen molar-refractivity contribution in [2.24, 2.45) is 11.7 Å². The second-order valence-electron chi connectivity index (χ2n) is 35.7. The Kier molecular flexibility index (Phi) is 46.2. The molecule has 0 spiro atoms. The minimum absolute atomic E-state index is 0.0334. The number of nitrogens with zero attached hydrogens (tertiary/aromatic N) is 12. The number of aliphatic carboxylic acids is 1.